The first kappa shape index (κ1) is 13.3. The van der Waals surface area contributed by atoms with E-state index in [-0.39, 0.29) is 5.60 Å². The lowest BCUT2D eigenvalue weighted by molar-refractivity contribution is -0.0109. The van der Waals surface area contributed by atoms with Crippen molar-refractivity contribution in [3.8, 4) is 0 Å². The van der Waals surface area contributed by atoms with Gasteiger partial charge in [-0.2, -0.15) is 0 Å². The summed E-state index contributed by atoms with van der Waals surface area (Å²) in [6.45, 7) is 7.19. The van der Waals surface area contributed by atoms with Crippen molar-refractivity contribution in [1.82, 2.24) is 0 Å². The van der Waals surface area contributed by atoms with Crippen molar-refractivity contribution >= 4 is 11.6 Å². The average Bonchev–Trinajstić information content (AvgIpc) is 2.63. The van der Waals surface area contributed by atoms with Gasteiger partial charge in [0.15, 0.2) is 0 Å². The van der Waals surface area contributed by atoms with Crippen molar-refractivity contribution in [2.24, 2.45) is 11.8 Å². The maximum Gasteiger partial charge on any atom is 0.0598 e. The zero-order chi connectivity index (χ0) is 11.3. The van der Waals surface area contributed by atoms with Crippen molar-refractivity contribution in [2.75, 3.05) is 12.5 Å². The summed E-state index contributed by atoms with van der Waals surface area (Å²) in [5, 5.41) is 0. The lowest BCUT2D eigenvalue weighted by Gasteiger charge is -2.24. The van der Waals surface area contributed by atoms with Gasteiger partial charge in [-0.15, -0.1) is 11.6 Å². The molecule has 1 fully saturated rings. The van der Waals surface area contributed by atoms with E-state index in [1.54, 1.807) is 0 Å². The Balaban J connectivity index is 2.21. The fourth-order valence-corrected chi connectivity index (χ4v) is 2.79. The summed E-state index contributed by atoms with van der Waals surface area (Å²) in [5.41, 5.74) is -0.00740. The molecule has 0 N–H and O–H groups in total. The van der Waals surface area contributed by atoms with E-state index in [1.165, 1.54) is 25.7 Å². The molecule has 15 heavy (non-hydrogen) atoms. The minimum absolute atomic E-state index is 0.00740. The zero-order valence-corrected chi connectivity index (χ0v) is 11.1. The molecule has 0 heterocycles. The van der Waals surface area contributed by atoms with Gasteiger partial charge in [-0.3, -0.25) is 0 Å². The first-order chi connectivity index (χ1) is 7.03. The molecule has 0 aromatic rings. The third-order valence-electron chi connectivity index (χ3n) is 3.29. The number of ether oxygens (including phenoxy) is 1. The highest BCUT2D eigenvalue weighted by Crippen LogP contribution is 2.33. The molecule has 90 valence electrons. The van der Waals surface area contributed by atoms with Crippen LogP contribution in [0.1, 0.15) is 52.9 Å². The van der Waals surface area contributed by atoms with Crippen LogP contribution in [0.2, 0.25) is 0 Å². The van der Waals surface area contributed by atoms with Crippen LogP contribution in [0, 0.1) is 11.8 Å². The normalized spacial score (nSPS) is 20.8. The first-order valence-electron chi connectivity index (χ1n) is 6.23. The Labute approximate surface area is 99.5 Å². The molecule has 0 spiro atoms. The van der Waals surface area contributed by atoms with E-state index in [0.717, 1.165) is 24.8 Å². The van der Waals surface area contributed by atoms with Crippen LogP contribution < -0.4 is 0 Å². The lowest BCUT2D eigenvalue weighted by atomic mass is 9.90. The molecule has 1 saturated carbocycles. The molecule has 2 heteroatoms. The van der Waals surface area contributed by atoms with Crippen molar-refractivity contribution < 1.29 is 4.74 Å². The van der Waals surface area contributed by atoms with Crippen LogP contribution in [0.5, 0.6) is 0 Å². The van der Waals surface area contributed by atoms with Crippen LogP contribution in [-0.2, 0) is 4.74 Å². The largest absolute Gasteiger partial charge is 0.376 e. The second-order valence-electron chi connectivity index (χ2n) is 5.71. The van der Waals surface area contributed by atoms with Crippen LogP contribution in [0.25, 0.3) is 0 Å². The van der Waals surface area contributed by atoms with Crippen molar-refractivity contribution in [2.45, 2.75) is 58.5 Å². The summed E-state index contributed by atoms with van der Waals surface area (Å²) >= 11 is 6.04. The highest BCUT2D eigenvalue weighted by Gasteiger charge is 2.24. The summed E-state index contributed by atoms with van der Waals surface area (Å²) < 4.78 is 5.76. The molecule has 0 saturated heterocycles. The zero-order valence-electron chi connectivity index (χ0n) is 10.4. The standard InChI is InChI=1S/C13H25ClO/c1-13(2,3)15-9-8-12(10-14)11-6-4-5-7-11/h11-12H,4-10H2,1-3H3. The molecule has 1 unspecified atom stereocenters. The molecule has 0 amide bonds. The van der Waals surface area contributed by atoms with E-state index in [0.29, 0.717) is 5.92 Å². The highest BCUT2D eigenvalue weighted by atomic mass is 35.5. The number of halogens is 1. The topological polar surface area (TPSA) is 9.23 Å². The minimum atomic E-state index is -0.00740. The van der Waals surface area contributed by atoms with E-state index >= 15 is 0 Å². The van der Waals surface area contributed by atoms with Crippen LogP contribution in [-0.4, -0.2) is 18.1 Å². The van der Waals surface area contributed by atoms with Gasteiger partial charge in [0, 0.05) is 12.5 Å². The third-order valence-corrected chi connectivity index (χ3v) is 3.68. The van der Waals surface area contributed by atoms with Crippen molar-refractivity contribution in [1.29, 1.82) is 0 Å². The Morgan fingerprint density at radius 1 is 1.27 bits per heavy atom. The third kappa shape index (κ3) is 5.21. The van der Waals surface area contributed by atoms with Crippen LogP contribution >= 0.6 is 11.6 Å². The maximum absolute atomic E-state index is 6.04. The molecular weight excluding hydrogens is 208 g/mol. The van der Waals surface area contributed by atoms with E-state index < -0.39 is 0 Å². The minimum Gasteiger partial charge on any atom is -0.376 e. The summed E-state index contributed by atoms with van der Waals surface area (Å²) in [6, 6.07) is 0. The number of rotatable bonds is 5. The molecule has 1 nitrogen and oxygen atoms in total. The van der Waals surface area contributed by atoms with E-state index in [1.807, 2.05) is 0 Å². The van der Waals surface area contributed by atoms with Gasteiger partial charge < -0.3 is 4.74 Å². The van der Waals surface area contributed by atoms with Gasteiger partial charge in [-0.1, -0.05) is 25.7 Å². The average molecular weight is 233 g/mol. The molecule has 0 aliphatic heterocycles. The summed E-state index contributed by atoms with van der Waals surface area (Å²) in [5.74, 6) is 2.35. The Kier molecular flexibility index (Phi) is 5.42. The van der Waals surface area contributed by atoms with E-state index in [9.17, 15) is 0 Å². The van der Waals surface area contributed by atoms with Gasteiger partial charge in [0.2, 0.25) is 0 Å². The first-order valence-corrected chi connectivity index (χ1v) is 6.76. The van der Waals surface area contributed by atoms with Crippen LogP contribution in [0.3, 0.4) is 0 Å². The second-order valence-corrected chi connectivity index (χ2v) is 6.02. The smallest absolute Gasteiger partial charge is 0.0598 e. The predicted octanol–water partition coefficient (Wildman–Crippen LogP) is 4.24. The summed E-state index contributed by atoms with van der Waals surface area (Å²) in [4.78, 5) is 0. The van der Waals surface area contributed by atoms with E-state index in [2.05, 4.69) is 20.8 Å². The Bertz CT molecular complexity index is 168. The van der Waals surface area contributed by atoms with Crippen LogP contribution in [0.4, 0.5) is 0 Å². The Morgan fingerprint density at radius 2 is 1.87 bits per heavy atom. The molecule has 0 aromatic carbocycles. The fourth-order valence-electron chi connectivity index (χ4n) is 2.38. The van der Waals surface area contributed by atoms with Gasteiger partial charge >= 0.3 is 0 Å². The Morgan fingerprint density at radius 3 is 2.33 bits per heavy atom. The molecule has 0 bridgehead atoms. The second kappa shape index (κ2) is 6.10. The molecule has 1 aliphatic rings. The number of hydrogen-bond donors (Lipinski definition) is 0. The molecule has 1 rings (SSSR count). The van der Waals surface area contributed by atoms with Gasteiger partial charge in [0.1, 0.15) is 0 Å². The van der Waals surface area contributed by atoms with Crippen LogP contribution in [0.15, 0.2) is 0 Å². The van der Waals surface area contributed by atoms with Crippen molar-refractivity contribution in [3.63, 3.8) is 0 Å². The highest BCUT2D eigenvalue weighted by molar-refractivity contribution is 6.18. The molecule has 0 radical (unpaired) electrons. The predicted molar refractivity (Wildman–Crippen MR) is 66.5 cm³/mol. The maximum atomic E-state index is 6.04. The summed E-state index contributed by atoms with van der Waals surface area (Å²) in [7, 11) is 0. The lowest BCUT2D eigenvalue weighted by Crippen LogP contribution is -2.23. The summed E-state index contributed by atoms with van der Waals surface area (Å²) in [6.07, 6.45) is 6.70. The molecule has 0 aromatic heterocycles. The van der Waals surface area contributed by atoms with Gasteiger partial charge in [-0.25, -0.2) is 0 Å². The number of alkyl halides is 1. The van der Waals surface area contributed by atoms with Crippen molar-refractivity contribution in [3.05, 3.63) is 0 Å². The molecule has 1 aliphatic carbocycles. The van der Waals surface area contributed by atoms with Gasteiger partial charge in [-0.05, 0) is 39.0 Å². The Hall–Kier alpha value is 0.250. The van der Waals surface area contributed by atoms with E-state index in [4.69, 9.17) is 16.3 Å². The number of hydrogen-bond acceptors (Lipinski definition) is 1. The quantitative estimate of drug-likeness (QED) is 0.645. The van der Waals surface area contributed by atoms with Gasteiger partial charge in [0.05, 0.1) is 5.60 Å². The molecular formula is C13H25ClO. The molecule has 1 atom stereocenters. The fraction of sp³-hybridized carbons (Fsp3) is 1.00. The monoisotopic (exact) mass is 232 g/mol. The van der Waals surface area contributed by atoms with Gasteiger partial charge in [0.25, 0.3) is 0 Å². The SMILES string of the molecule is CC(C)(C)OCCC(CCl)C1CCCC1.